The first-order chi connectivity index (χ1) is 9.47. The molecule has 0 amide bonds. The molecular weight excluding hydrogens is 267 g/mol. The van der Waals surface area contributed by atoms with Gasteiger partial charge in [0, 0.05) is 6.04 Å². The number of hydrogen-bond acceptors (Lipinski definition) is 2. The molecule has 2 heterocycles. The number of piperidine rings is 1. The molecule has 1 aromatic carbocycles. The molecule has 1 aliphatic heterocycles. The summed E-state index contributed by atoms with van der Waals surface area (Å²) in [4.78, 5) is 4.31. The Bertz CT molecular complexity index is 624. The number of aromatic nitrogens is 2. The van der Waals surface area contributed by atoms with Crippen LogP contribution in [-0.2, 0) is 6.18 Å². The van der Waals surface area contributed by atoms with Crippen molar-refractivity contribution in [2.24, 2.45) is 0 Å². The Hall–Kier alpha value is -1.56. The van der Waals surface area contributed by atoms with Crippen LogP contribution in [0.25, 0.3) is 11.0 Å². The van der Waals surface area contributed by atoms with Crippen LogP contribution in [0, 0.1) is 6.92 Å². The van der Waals surface area contributed by atoms with E-state index in [4.69, 9.17) is 0 Å². The first-order valence-electron chi connectivity index (χ1n) is 6.73. The predicted octanol–water partition coefficient (Wildman–Crippen LogP) is 3.29. The Kier molecular flexibility index (Phi) is 3.20. The van der Waals surface area contributed by atoms with E-state index in [1.165, 1.54) is 0 Å². The van der Waals surface area contributed by atoms with Crippen molar-refractivity contribution in [1.29, 1.82) is 0 Å². The molecule has 1 N–H and O–H groups in total. The number of alkyl halides is 3. The van der Waals surface area contributed by atoms with E-state index in [2.05, 4.69) is 14.9 Å². The summed E-state index contributed by atoms with van der Waals surface area (Å²) in [5.74, 6) is 0.784. The van der Waals surface area contributed by atoms with E-state index in [1.54, 1.807) is 6.07 Å². The molecule has 6 heteroatoms. The van der Waals surface area contributed by atoms with Crippen molar-refractivity contribution in [3.8, 4) is 0 Å². The van der Waals surface area contributed by atoms with E-state index in [1.807, 2.05) is 6.92 Å². The average molecular weight is 283 g/mol. The molecule has 108 valence electrons. The highest BCUT2D eigenvalue weighted by molar-refractivity contribution is 5.77. The number of nitrogens with zero attached hydrogens (tertiary/aromatic N) is 2. The molecule has 1 fully saturated rings. The highest BCUT2D eigenvalue weighted by Gasteiger charge is 2.31. The van der Waals surface area contributed by atoms with Gasteiger partial charge in [-0.25, -0.2) is 4.98 Å². The second-order valence-corrected chi connectivity index (χ2v) is 5.21. The normalized spacial score (nSPS) is 17.8. The summed E-state index contributed by atoms with van der Waals surface area (Å²) in [5.41, 5.74) is 0.582. The smallest absolute Gasteiger partial charge is 0.325 e. The van der Waals surface area contributed by atoms with Crippen LogP contribution in [0.15, 0.2) is 18.2 Å². The first kappa shape index (κ1) is 13.4. The van der Waals surface area contributed by atoms with Crippen LogP contribution < -0.4 is 5.32 Å². The number of halogens is 3. The number of aryl methyl sites for hydroxylation is 1. The maximum atomic E-state index is 12.7. The van der Waals surface area contributed by atoms with E-state index < -0.39 is 11.7 Å². The third kappa shape index (κ3) is 2.28. The van der Waals surface area contributed by atoms with E-state index in [9.17, 15) is 13.2 Å². The van der Waals surface area contributed by atoms with Crippen LogP contribution in [0.3, 0.4) is 0 Å². The molecule has 3 nitrogen and oxygen atoms in total. The van der Waals surface area contributed by atoms with Gasteiger partial charge in [-0.1, -0.05) is 0 Å². The minimum absolute atomic E-state index is 0.318. The fourth-order valence-corrected chi connectivity index (χ4v) is 2.92. The Morgan fingerprint density at radius 1 is 1.25 bits per heavy atom. The van der Waals surface area contributed by atoms with Gasteiger partial charge in [-0.3, -0.25) is 0 Å². The maximum Gasteiger partial charge on any atom is 0.416 e. The topological polar surface area (TPSA) is 29.9 Å². The van der Waals surface area contributed by atoms with Crippen molar-refractivity contribution in [1.82, 2.24) is 14.9 Å². The fourth-order valence-electron chi connectivity index (χ4n) is 2.92. The van der Waals surface area contributed by atoms with Crippen LogP contribution in [0.2, 0.25) is 0 Å². The second-order valence-electron chi connectivity index (χ2n) is 5.21. The Labute approximate surface area is 114 Å². The molecule has 1 aliphatic rings. The molecule has 20 heavy (non-hydrogen) atoms. The third-order valence-electron chi connectivity index (χ3n) is 3.87. The molecule has 0 bridgehead atoms. The van der Waals surface area contributed by atoms with Gasteiger partial charge in [0.1, 0.15) is 5.82 Å². The van der Waals surface area contributed by atoms with Gasteiger partial charge in [0.05, 0.1) is 16.6 Å². The minimum Gasteiger partial charge on any atom is -0.325 e. The van der Waals surface area contributed by atoms with Gasteiger partial charge in [0.25, 0.3) is 0 Å². The monoisotopic (exact) mass is 283 g/mol. The lowest BCUT2D eigenvalue weighted by atomic mass is 10.1. The number of hydrogen-bond donors (Lipinski definition) is 1. The largest absolute Gasteiger partial charge is 0.416 e. The standard InChI is InChI=1S/C14H16F3N3/c1-9-19-12-8-10(14(15,16)17)2-3-13(12)20(9)11-4-6-18-7-5-11/h2-3,8,11,18H,4-7H2,1H3. The van der Waals surface area contributed by atoms with Crippen molar-refractivity contribution in [2.45, 2.75) is 32.0 Å². The summed E-state index contributed by atoms with van der Waals surface area (Å²) in [6.07, 6.45) is -2.36. The average Bonchev–Trinajstić information content (AvgIpc) is 2.73. The summed E-state index contributed by atoms with van der Waals surface area (Å²) < 4.78 is 40.3. The number of benzene rings is 1. The van der Waals surface area contributed by atoms with Gasteiger partial charge in [0.15, 0.2) is 0 Å². The zero-order chi connectivity index (χ0) is 14.3. The third-order valence-corrected chi connectivity index (χ3v) is 3.87. The van der Waals surface area contributed by atoms with Crippen molar-refractivity contribution >= 4 is 11.0 Å². The SMILES string of the molecule is Cc1nc2cc(C(F)(F)F)ccc2n1C1CCNCC1. The number of nitrogens with one attached hydrogen (secondary N) is 1. The molecule has 0 spiro atoms. The molecule has 0 saturated carbocycles. The van der Waals surface area contributed by atoms with E-state index in [0.29, 0.717) is 11.6 Å². The zero-order valence-electron chi connectivity index (χ0n) is 11.2. The number of fused-ring (bicyclic) bond motifs is 1. The van der Waals surface area contributed by atoms with Gasteiger partial charge in [-0.15, -0.1) is 0 Å². The summed E-state index contributed by atoms with van der Waals surface area (Å²) in [5, 5.41) is 3.29. The van der Waals surface area contributed by atoms with Crippen molar-refractivity contribution in [3.63, 3.8) is 0 Å². The van der Waals surface area contributed by atoms with Gasteiger partial charge in [-0.2, -0.15) is 13.2 Å². The molecular formula is C14H16F3N3. The number of imidazole rings is 1. The van der Waals surface area contributed by atoms with Crippen LogP contribution in [0.4, 0.5) is 13.2 Å². The molecule has 0 atom stereocenters. The van der Waals surface area contributed by atoms with Gasteiger partial charge in [0.2, 0.25) is 0 Å². The molecule has 1 aromatic heterocycles. The fraction of sp³-hybridized carbons (Fsp3) is 0.500. The highest BCUT2D eigenvalue weighted by Crippen LogP contribution is 2.33. The van der Waals surface area contributed by atoms with Crippen molar-refractivity contribution < 1.29 is 13.2 Å². The predicted molar refractivity (Wildman–Crippen MR) is 70.6 cm³/mol. The van der Waals surface area contributed by atoms with Crippen LogP contribution in [0.1, 0.15) is 30.3 Å². The summed E-state index contributed by atoms with van der Waals surface area (Å²) in [7, 11) is 0. The van der Waals surface area contributed by atoms with Crippen LogP contribution >= 0.6 is 0 Å². The molecule has 0 unspecified atom stereocenters. The Balaban J connectivity index is 2.07. The number of rotatable bonds is 1. The zero-order valence-corrected chi connectivity index (χ0v) is 11.2. The molecule has 2 aromatic rings. The Morgan fingerprint density at radius 2 is 1.95 bits per heavy atom. The summed E-state index contributed by atoms with van der Waals surface area (Å²) >= 11 is 0. The maximum absolute atomic E-state index is 12.7. The summed E-state index contributed by atoms with van der Waals surface area (Å²) in [6.45, 7) is 3.73. The van der Waals surface area contributed by atoms with Gasteiger partial charge < -0.3 is 9.88 Å². The van der Waals surface area contributed by atoms with Crippen LogP contribution in [0.5, 0.6) is 0 Å². The van der Waals surface area contributed by atoms with Crippen LogP contribution in [-0.4, -0.2) is 22.6 Å². The quantitative estimate of drug-likeness (QED) is 0.870. The van der Waals surface area contributed by atoms with E-state index in [-0.39, 0.29) is 0 Å². The van der Waals surface area contributed by atoms with Crippen molar-refractivity contribution in [2.75, 3.05) is 13.1 Å². The lowest BCUT2D eigenvalue weighted by molar-refractivity contribution is -0.137. The lowest BCUT2D eigenvalue weighted by Gasteiger charge is -2.25. The first-order valence-corrected chi connectivity index (χ1v) is 6.73. The molecule has 0 radical (unpaired) electrons. The molecule has 3 rings (SSSR count). The lowest BCUT2D eigenvalue weighted by Crippen LogP contribution is -2.29. The van der Waals surface area contributed by atoms with Gasteiger partial charge >= 0.3 is 6.18 Å². The Morgan fingerprint density at radius 3 is 2.60 bits per heavy atom. The van der Waals surface area contributed by atoms with E-state index >= 15 is 0 Å². The summed E-state index contributed by atoms with van der Waals surface area (Å²) in [6, 6.07) is 4.14. The van der Waals surface area contributed by atoms with Crippen molar-refractivity contribution in [3.05, 3.63) is 29.6 Å². The molecule has 0 aliphatic carbocycles. The highest BCUT2D eigenvalue weighted by atomic mass is 19.4. The second kappa shape index (κ2) is 4.77. The molecule has 1 saturated heterocycles. The minimum atomic E-state index is -4.32. The van der Waals surface area contributed by atoms with E-state index in [0.717, 1.165) is 49.4 Å². The van der Waals surface area contributed by atoms with Gasteiger partial charge in [-0.05, 0) is 51.1 Å².